The second kappa shape index (κ2) is 25.2. The number of hydrogen-bond acceptors (Lipinski definition) is 7. The van der Waals surface area contributed by atoms with Crippen molar-refractivity contribution in [1.82, 2.24) is 0 Å². The van der Waals surface area contributed by atoms with Gasteiger partial charge in [0.2, 0.25) is 0 Å². The summed E-state index contributed by atoms with van der Waals surface area (Å²) in [5.41, 5.74) is 4.94. The molecule has 0 rings (SSSR count). The minimum Gasteiger partial charge on any atom is -0.501 e. The Morgan fingerprint density at radius 1 is 0.386 bits per heavy atom. The molecule has 0 aromatic rings. The van der Waals surface area contributed by atoms with Gasteiger partial charge in [0.15, 0.2) is 0 Å². The first-order valence-electron chi connectivity index (χ1n) is 15.7. The predicted molar refractivity (Wildman–Crippen MR) is 183 cm³/mol. The van der Waals surface area contributed by atoms with Gasteiger partial charge in [0.1, 0.15) is 0 Å². The molecule has 0 aliphatic heterocycles. The molecule has 0 bridgehead atoms. The molecule has 0 radical (unpaired) electrons. The first-order valence-corrected chi connectivity index (χ1v) is 15.7. The summed E-state index contributed by atoms with van der Waals surface area (Å²) in [6.45, 7) is 30.0. The molecule has 0 saturated heterocycles. The maximum absolute atomic E-state index is 6.56. The lowest BCUT2D eigenvalue weighted by atomic mass is 9.90. The van der Waals surface area contributed by atoms with Crippen molar-refractivity contribution in [2.75, 3.05) is 85.9 Å². The normalized spacial score (nSPS) is 11.4. The maximum atomic E-state index is 6.56. The lowest BCUT2D eigenvalue weighted by Crippen LogP contribution is -2.45. The summed E-state index contributed by atoms with van der Waals surface area (Å²) in [6, 6.07) is 0. The number of allylic oxidation sites excluding steroid dienone is 5. The zero-order valence-corrected chi connectivity index (χ0v) is 29.7. The van der Waals surface area contributed by atoms with Crippen LogP contribution in [0.3, 0.4) is 0 Å². The lowest BCUT2D eigenvalue weighted by Gasteiger charge is -2.36. The molecule has 0 spiro atoms. The van der Waals surface area contributed by atoms with Gasteiger partial charge < -0.3 is 33.2 Å². The fourth-order valence-corrected chi connectivity index (χ4v) is 3.72. The highest BCUT2D eigenvalue weighted by Crippen LogP contribution is 2.26. The van der Waals surface area contributed by atoms with Crippen LogP contribution in [-0.2, 0) is 33.2 Å². The molecule has 0 atom stereocenters. The monoisotopic (exact) mass is 620 g/mol. The fraction of sp³-hybridized carbons (Fsp3) is 0.676. The predicted octanol–water partition coefficient (Wildman–Crippen LogP) is 8.05. The topological polar surface area (TPSA) is 64.6 Å². The summed E-state index contributed by atoms with van der Waals surface area (Å²) in [5, 5.41) is 0. The highest BCUT2D eigenvalue weighted by molar-refractivity contribution is 4.96. The van der Waals surface area contributed by atoms with Crippen molar-refractivity contribution in [3.05, 3.63) is 71.1 Å². The number of hydrogen-bond donors (Lipinski definition) is 0. The van der Waals surface area contributed by atoms with Crippen LogP contribution in [0, 0.1) is 10.8 Å². The van der Waals surface area contributed by atoms with Gasteiger partial charge in [-0.05, 0) is 69.2 Å². The van der Waals surface area contributed by atoms with Gasteiger partial charge in [0.05, 0.1) is 103 Å². The second-order valence-electron chi connectivity index (χ2n) is 13.0. The van der Waals surface area contributed by atoms with E-state index in [1.807, 2.05) is 0 Å². The molecule has 7 nitrogen and oxygen atoms in total. The molecular formula is C37H64O7. The molecule has 0 heterocycles. The quantitative estimate of drug-likeness (QED) is 0.0523. The van der Waals surface area contributed by atoms with Crippen molar-refractivity contribution in [3.8, 4) is 0 Å². The van der Waals surface area contributed by atoms with Gasteiger partial charge in [-0.1, -0.05) is 64.8 Å². The third kappa shape index (κ3) is 23.4. The number of ether oxygens (including phenoxy) is 7. The van der Waals surface area contributed by atoms with Crippen molar-refractivity contribution in [1.29, 1.82) is 0 Å². The summed E-state index contributed by atoms with van der Waals surface area (Å²) in [5.74, 6) is 0. The summed E-state index contributed by atoms with van der Waals surface area (Å²) < 4.78 is 43.0. The third-order valence-electron chi connectivity index (χ3n) is 6.41. The molecule has 0 aromatic heterocycles. The molecule has 0 aliphatic carbocycles. The minimum absolute atomic E-state index is 0.346. The van der Waals surface area contributed by atoms with E-state index in [9.17, 15) is 0 Å². The molecule has 0 aromatic carbocycles. The molecule has 44 heavy (non-hydrogen) atoms. The summed E-state index contributed by atoms with van der Waals surface area (Å²) in [7, 11) is 0. The van der Waals surface area contributed by atoms with E-state index < -0.39 is 10.8 Å². The summed E-state index contributed by atoms with van der Waals surface area (Å²) in [4.78, 5) is 0. The largest absolute Gasteiger partial charge is 0.501 e. The first kappa shape index (κ1) is 42.0. The average Bonchev–Trinajstić information content (AvgIpc) is 2.94. The van der Waals surface area contributed by atoms with Crippen molar-refractivity contribution >= 4 is 0 Å². The Morgan fingerprint density at radius 2 is 0.614 bits per heavy atom. The van der Waals surface area contributed by atoms with Crippen LogP contribution in [0.5, 0.6) is 0 Å². The number of rotatable bonds is 27. The van der Waals surface area contributed by atoms with E-state index in [-0.39, 0.29) is 0 Å². The van der Waals surface area contributed by atoms with Crippen LogP contribution in [0.15, 0.2) is 71.1 Å². The van der Waals surface area contributed by atoms with E-state index in [0.29, 0.717) is 85.9 Å². The van der Waals surface area contributed by atoms with Crippen molar-refractivity contribution in [2.24, 2.45) is 10.8 Å². The smallest absolute Gasteiger partial charge is 0.0995 e. The highest BCUT2D eigenvalue weighted by Gasteiger charge is 2.37. The average molecular weight is 621 g/mol. The molecule has 0 fully saturated rings. The van der Waals surface area contributed by atoms with Crippen LogP contribution in [0.4, 0.5) is 0 Å². The van der Waals surface area contributed by atoms with E-state index >= 15 is 0 Å². The van der Waals surface area contributed by atoms with Crippen molar-refractivity contribution in [2.45, 2.75) is 69.2 Å². The van der Waals surface area contributed by atoms with Gasteiger partial charge >= 0.3 is 0 Å². The van der Waals surface area contributed by atoms with Gasteiger partial charge in [0, 0.05) is 0 Å². The van der Waals surface area contributed by atoms with E-state index in [1.165, 1.54) is 34.1 Å². The van der Waals surface area contributed by atoms with Gasteiger partial charge in [-0.3, -0.25) is 0 Å². The molecule has 254 valence electrons. The van der Waals surface area contributed by atoms with Crippen LogP contribution in [0.1, 0.15) is 69.2 Å². The zero-order chi connectivity index (χ0) is 33.3. The summed E-state index contributed by atoms with van der Waals surface area (Å²) in [6.07, 6.45) is 11.8. The zero-order valence-electron chi connectivity index (χ0n) is 29.7. The van der Waals surface area contributed by atoms with Gasteiger partial charge in [-0.2, -0.15) is 0 Å². The van der Waals surface area contributed by atoms with E-state index in [0.717, 1.165) is 0 Å². The Balaban J connectivity index is 6.08. The molecule has 0 amide bonds. The van der Waals surface area contributed by atoms with Crippen LogP contribution in [-0.4, -0.2) is 85.9 Å². The summed E-state index contributed by atoms with van der Waals surface area (Å²) >= 11 is 0. The molecule has 0 saturated carbocycles. The Labute approximate surface area is 270 Å². The Bertz CT molecular complexity index is 822. The molecule has 7 heteroatoms. The van der Waals surface area contributed by atoms with Crippen molar-refractivity contribution in [3.63, 3.8) is 0 Å². The molecule has 0 aliphatic rings. The Hall–Kier alpha value is -2.00. The fourth-order valence-electron chi connectivity index (χ4n) is 3.72. The second-order valence-corrected chi connectivity index (χ2v) is 13.0. The van der Waals surface area contributed by atoms with Gasteiger partial charge in [0.25, 0.3) is 0 Å². The van der Waals surface area contributed by atoms with E-state index in [4.69, 9.17) is 33.2 Å². The van der Waals surface area contributed by atoms with Crippen molar-refractivity contribution < 1.29 is 33.2 Å². The van der Waals surface area contributed by atoms with E-state index in [1.54, 1.807) is 0 Å². The standard InChI is InChI=1S/C37H64O7/c1-12-38-23-36(24-39-18-13-31(2)3,25-40-19-14-32(4)5)29-44-30-37(26-41-20-15-33(6)7,27-42-21-16-34(8)9)28-43-22-17-35(10)11/h12-17H,1,18-30H2,2-11H3. The van der Waals surface area contributed by atoms with Crippen LogP contribution >= 0.6 is 0 Å². The van der Waals surface area contributed by atoms with Gasteiger partial charge in [-0.25, -0.2) is 0 Å². The molecule has 0 N–H and O–H groups in total. The third-order valence-corrected chi connectivity index (χ3v) is 6.41. The van der Waals surface area contributed by atoms with Gasteiger partial charge in [-0.15, -0.1) is 0 Å². The SMILES string of the molecule is C=COCC(COCC=C(C)C)(COCC=C(C)C)COCC(COCC=C(C)C)(COCC=C(C)C)COCC=C(C)C. The van der Waals surface area contributed by atoms with Crippen LogP contribution in [0.2, 0.25) is 0 Å². The Kier molecular flexibility index (Phi) is 24.1. The van der Waals surface area contributed by atoms with Crippen LogP contribution < -0.4 is 0 Å². The van der Waals surface area contributed by atoms with Crippen LogP contribution in [0.25, 0.3) is 0 Å². The minimum atomic E-state index is -0.556. The Morgan fingerprint density at radius 3 is 0.841 bits per heavy atom. The maximum Gasteiger partial charge on any atom is 0.0995 e. The molecular weight excluding hydrogens is 556 g/mol. The lowest BCUT2D eigenvalue weighted by molar-refractivity contribution is -0.131. The molecule has 0 unspecified atom stereocenters. The highest BCUT2D eigenvalue weighted by atomic mass is 16.5. The first-order chi connectivity index (χ1) is 20.9. The van der Waals surface area contributed by atoms with E-state index in [2.05, 4.69) is 106 Å².